The van der Waals surface area contributed by atoms with Crippen LogP contribution in [0.1, 0.15) is 22.6 Å². The van der Waals surface area contributed by atoms with Crippen LogP contribution in [0.25, 0.3) is 0 Å². The molecule has 2 nitrogen and oxygen atoms in total. The van der Waals surface area contributed by atoms with Gasteiger partial charge in [0.25, 0.3) is 0 Å². The van der Waals surface area contributed by atoms with E-state index in [0.717, 1.165) is 23.7 Å². The normalized spacial score (nSPS) is 17.3. The largest absolute Gasteiger partial charge is 0.312 e. The van der Waals surface area contributed by atoms with Crippen LogP contribution < -0.4 is 5.32 Å². The van der Waals surface area contributed by atoms with Gasteiger partial charge in [0.2, 0.25) is 0 Å². The van der Waals surface area contributed by atoms with Gasteiger partial charge >= 0.3 is 0 Å². The lowest BCUT2D eigenvalue weighted by Gasteiger charge is -2.25. The average Bonchev–Trinajstić information content (AvgIpc) is 2.49. The number of Topliss-reactive ketones (excluding diaryl/α,β-unsaturated/α-hetero) is 1. The molecule has 1 aliphatic rings. The van der Waals surface area contributed by atoms with Gasteiger partial charge in [-0.3, -0.25) is 4.79 Å². The molecule has 2 aromatic rings. The number of hydrogen-bond donors (Lipinski definition) is 1. The number of fused-ring (bicyclic) bond motifs is 1. The molecule has 0 aromatic heterocycles. The van der Waals surface area contributed by atoms with Crippen LogP contribution in [-0.4, -0.2) is 12.3 Å². The van der Waals surface area contributed by atoms with Crippen LogP contribution in [0.3, 0.4) is 0 Å². The Labute approximate surface area is 121 Å². The minimum Gasteiger partial charge on any atom is -0.312 e. The van der Waals surface area contributed by atoms with Gasteiger partial charge < -0.3 is 5.32 Å². The number of nitrogens with one attached hydrogen (secondary N) is 1. The summed E-state index contributed by atoms with van der Waals surface area (Å²) in [5.74, 6) is -1.63. The van der Waals surface area contributed by atoms with Crippen LogP contribution in [0.2, 0.25) is 0 Å². The lowest BCUT2D eigenvalue weighted by Crippen LogP contribution is -2.33. The molecule has 0 saturated carbocycles. The zero-order valence-electron chi connectivity index (χ0n) is 11.4. The smallest absolute Gasteiger partial charge is 0.146 e. The Morgan fingerprint density at radius 3 is 2.81 bits per heavy atom. The minimum atomic E-state index is -0.666. The quantitative estimate of drug-likeness (QED) is 0.940. The number of hydrogen-bond acceptors (Lipinski definition) is 2. The van der Waals surface area contributed by atoms with Crippen molar-refractivity contribution < 1.29 is 13.6 Å². The van der Waals surface area contributed by atoms with Crippen molar-refractivity contribution in [2.75, 3.05) is 6.54 Å². The van der Waals surface area contributed by atoms with Crippen LogP contribution >= 0.6 is 0 Å². The summed E-state index contributed by atoms with van der Waals surface area (Å²) < 4.78 is 26.6. The summed E-state index contributed by atoms with van der Waals surface area (Å²) in [6, 6.07) is 11.1. The van der Waals surface area contributed by atoms with Gasteiger partial charge in [0.1, 0.15) is 17.4 Å². The highest BCUT2D eigenvalue weighted by Crippen LogP contribution is 2.26. The minimum absolute atomic E-state index is 0.0210. The molecule has 1 aliphatic heterocycles. The van der Waals surface area contributed by atoms with E-state index in [2.05, 4.69) is 5.32 Å². The molecule has 0 aliphatic carbocycles. The maximum Gasteiger partial charge on any atom is 0.146 e. The molecule has 0 fully saturated rings. The Kier molecular flexibility index (Phi) is 3.80. The van der Waals surface area contributed by atoms with E-state index in [-0.39, 0.29) is 23.7 Å². The van der Waals surface area contributed by atoms with Gasteiger partial charge in [-0.15, -0.1) is 0 Å². The van der Waals surface area contributed by atoms with Crippen molar-refractivity contribution in [2.24, 2.45) is 0 Å². The molecule has 1 atom stereocenters. The van der Waals surface area contributed by atoms with Gasteiger partial charge in [0.05, 0.1) is 5.92 Å². The molecular formula is C17H15F2NO. The molecule has 1 heterocycles. The van der Waals surface area contributed by atoms with Gasteiger partial charge in [-0.05, 0) is 22.8 Å². The van der Waals surface area contributed by atoms with Gasteiger partial charge in [-0.25, -0.2) is 8.78 Å². The van der Waals surface area contributed by atoms with E-state index in [1.807, 2.05) is 24.3 Å². The van der Waals surface area contributed by atoms with E-state index < -0.39 is 11.6 Å². The maximum atomic E-state index is 13.7. The highest BCUT2D eigenvalue weighted by molar-refractivity contribution is 5.88. The Hall–Kier alpha value is -2.07. The summed E-state index contributed by atoms with van der Waals surface area (Å²) in [5.41, 5.74) is 2.34. The third-order valence-corrected chi connectivity index (χ3v) is 3.86. The Morgan fingerprint density at radius 1 is 1.19 bits per heavy atom. The SMILES string of the molecule is O=C(Cc1ccc(F)cc1F)C1CNCc2ccccc21. The third-order valence-electron chi connectivity index (χ3n) is 3.86. The molecule has 108 valence electrons. The zero-order chi connectivity index (χ0) is 14.8. The number of carbonyl (C=O) groups excluding carboxylic acids is 1. The predicted molar refractivity (Wildman–Crippen MR) is 76.0 cm³/mol. The number of halogens is 2. The fraction of sp³-hybridized carbons (Fsp3) is 0.235. The van der Waals surface area contributed by atoms with Crippen molar-refractivity contribution >= 4 is 5.78 Å². The number of rotatable bonds is 3. The highest BCUT2D eigenvalue weighted by Gasteiger charge is 2.26. The van der Waals surface area contributed by atoms with Gasteiger partial charge in [-0.2, -0.15) is 0 Å². The van der Waals surface area contributed by atoms with E-state index in [0.29, 0.717) is 6.54 Å². The van der Waals surface area contributed by atoms with E-state index in [1.165, 1.54) is 12.1 Å². The molecule has 0 bridgehead atoms. The predicted octanol–water partition coefficient (Wildman–Crippen LogP) is 2.96. The standard InChI is InChI=1S/C17H15F2NO/c18-13-6-5-11(16(19)8-13)7-17(21)15-10-20-9-12-3-1-2-4-14(12)15/h1-6,8,15,20H,7,9-10H2. The molecule has 4 heteroatoms. The maximum absolute atomic E-state index is 13.7. The second kappa shape index (κ2) is 5.74. The molecule has 2 aromatic carbocycles. The van der Waals surface area contributed by atoms with E-state index in [4.69, 9.17) is 0 Å². The first kappa shape index (κ1) is 13.9. The highest BCUT2D eigenvalue weighted by atomic mass is 19.1. The van der Waals surface area contributed by atoms with Crippen molar-refractivity contribution in [3.63, 3.8) is 0 Å². The van der Waals surface area contributed by atoms with Crippen LogP contribution in [-0.2, 0) is 17.8 Å². The first-order chi connectivity index (χ1) is 10.1. The van der Waals surface area contributed by atoms with E-state index in [1.54, 1.807) is 0 Å². The molecule has 1 N–H and O–H groups in total. The molecule has 0 amide bonds. The zero-order valence-corrected chi connectivity index (χ0v) is 11.4. The summed E-state index contributed by atoms with van der Waals surface area (Å²) in [4.78, 5) is 12.5. The molecule has 0 saturated heterocycles. The second-order valence-electron chi connectivity index (χ2n) is 5.26. The van der Waals surface area contributed by atoms with Gasteiger partial charge in [0, 0.05) is 25.6 Å². The summed E-state index contributed by atoms with van der Waals surface area (Å²) in [7, 11) is 0. The Bertz CT molecular complexity index is 684. The Morgan fingerprint density at radius 2 is 2.00 bits per heavy atom. The van der Waals surface area contributed by atoms with Crippen molar-refractivity contribution in [1.29, 1.82) is 0 Å². The summed E-state index contributed by atoms with van der Waals surface area (Å²) in [6.45, 7) is 1.30. The Balaban J connectivity index is 1.83. The van der Waals surface area contributed by atoms with Crippen molar-refractivity contribution in [2.45, 2.75) is 18.9 Å². The number of carbonyl (C=O) groups is 1. The summed E-state index contributed by atoms with van der Waals surface area (Å²) >= 11 is 0. The van der Waals surface area contributed by atoms with E-state index >= 15 is 0 Å². The van der Waals surface area contributed by atoms with Crippen molar-refractivity contribution in [3.05, 3.63) is 70.8 Å². The first-order valence-corrected chi connectivity index (χ1v) is 6.90. The monoisotopic (exact) mass is 287 g/mol. The summed E-state index contributed by atoms with van der Waals surface area (Å²) in [6.07, 6.45) is -0.0210. The van der Waals surface area contributed by atoms with Crippen LogP contribution in [0.4, 0.5) is 8.78 Å². The van der Waals surface area contributed by atoms with E-state index in [9.17, 15) is 13.6 Å². The van der Waals surface area contributed by atoms with Crippen LogP contribution in [0.5, 0.6) is 0 Å². The fourth-order valence-electron chi connectivity index (χ4n) is 2.76. The fourth-order valence-corrected chi connectivity index (χ4v) is 2.76. The molecule has 1 unspecified atom stereocenters. The topological polar surface area (TPSA) is 29.1 Å². The first-order valence-electron chi connectivity index (χ1n) is 6.90. The molecule has 3 rings (SSSR count). The summed E-state index contributed by atoms with van der Waals surface area (Å²) in [5, 5.41) is 3.21. The number of ketones is 1. The van der Waals surface area contributed by atoms with Crippen molar-refractivity contribution in [3.8, 4) is 0 Å². The molecule has 0 spiro atoms. The van der Waals surface area contributed by atoms with Gasteiger partial charge in [0.15, 0.2) is 0 Å². The second-order valence-corrected chi connectivity index (χ2v) is 5.26. The lowest BCUT2D eigenvalue weighted by atomic mass is 9.85. The van der Waals surface area contributed by atoms with Crippen molar-refractivity contribution in [1.82, 2.24) is 5.32 Å². The van der Waals surface area contributed by atoms with Gasteiger partial charge in [-0.1, -0.05) is 30.3 Å². The number of benzene rings is 2. The van der Waals surface area contributed by atoms with Crippen LogP contribution in [0.15, 0.2) is 42.5 Å². The van der Waals surface area contributed by atoms with Crippen LogP contribution in [0, 0.1) is 11.6 Å². The molecule has 0 radical (unpaired) electrons. The average molecular weight is 287 g/mol. The lowest BCUT2D eigenvalue weighted by molar-refractivity contribution is -0.120. The molecule has 21 heavy (non-hydrogen) atoms. The molecular weight excluding hydrogens is 272 g/mol. The third kappa shape index (κ3) is 2.85.